The molecular weight excluding hydrogens is 218 g/mol. The quantitative estimate of drug-likeness (QED) is 0.881. The van der Waals surface area contributed by atoms with Crippen molar-refractivity contribution in [2.45, 2.75) is 13.0 Å². The number of nitrogens with one attached hydrogen (secondary N) is 1. The molecule has 0 amide bonds. The Bertz CT molecular complexity index is 441. The number of nitrogens with zero attached hydrogens (tertiary/aromatic N) is 2. The number of thiophene rings is 1. The SMILES string of the molecule is c1cc(-c2cncn2CC2CCNC2)cs1. The van der Waals surface area contributed by atoms with E-state index in [0.29, 0.717) is 0 Å². The molecule has 1 atom stereocenters. The average molecular weight is 233 g/mol. The normalized spacial score (nSPS) is 20.4. The largest absolute Gasteiger partial charge is 0.330 e. The van der Waals surface area contributed by atoms with Crippen molar-refractivity contribution in [1.82, 2.24) is 14.9 Å². The summed E-state index contributed by atoms with van der Waals surface area (Å²) in [5.74, 6) is 0.756. The smallest absolute Gasteiger partial charge is 0.0951 e. The number of hydrogen-bond acceptors (Lipinski definition) is 3. The van der Waals surface area contributed by atoms with Crippen molar-refractivity contribution < 1.29 is 0 Å². The molecule has 16 heavy (non-hydrogen) atoms. The van der Waals surface area contributed by atoms with Crippen molar-refractivity contribution in [1.29, 1.82) is 0 Å². The second kappa shape index (κ2) is 4.39. The fourth-order valence-electron chi connectivity index (χ4n) is 2.27. The van der Waals surface area contributed by atoms with Gasteiger partial charge in [-0.05, 0) is 36.9 Å². The third-order valence-corrected chi connectivity index (χ3v) is 3.83. The first kappa shape index (κ1) is 10.1. The Labute approximate surface area is 99.1 Å². The first-order chi connectivity index (χ1) is 7.93. The van der Waals surface area contributed by atoms with Gasteiger partial charge in [0, 0.05) is 17.5 Å². The lowest BCUT2D eigenvalue weighted by atomic mass is 10.1. The van der Waals surface area contributed by atoms with E-state index in [1.54, 1.807) is 11.3 Å². The van der Waals surface area contributed by atoms with Gasteiger partial charge >= 0.3 is 0 Å². The van der Waals surface area contributed by atoms with Crippen molar-refractivity contribution >= 4 is 11.3 Å². The van der Waals surface area contributed by atoms with Crippen LogP contribution in [0, 0.1) is 5.92 Å². The predicted octanol–water partition coefficient (Wildman–Crippen LogP) is 2.22. The molecule has 1 aliphatic rings. The minimum atomic E-state index is 0.756. The van der Waals surface area contributed by atoms with Gasteiger partial charge < -0.3 is 9.88 Å². The van der Waals surface area contributed by atoms with Crippen LogP contribution in [0.3, 0.4) is 0 Å². The van der Waals surface area contributed by atoms with E-state index in [0.717, 1.165) is 25.6 Å². The highest BCUT2D eigenvalue weighted by molar-refractivity contribution is 7.08. The number of aromatic nitrogens is 2. The van der Waals surface area contributed by atoms with Gasteiger partial charge in [-0.2, -0.15) is 11.3 Å². The zero-order valence-corrected chi connectivity index (χ0v) is 9.91. The molecule has 0 bridgehead atoms. The average Bonchev–Trinajstić information content (AvgIpc) is 2.98. The maximum Gasteiger partial charge on any atom is 0.0951 e. The standard InChI is InChI=1S/C12H15N3S/c1-3-13-5-10(1)7-15-9-14-6-12(15)11-2-4-16-8-11/h2,4,6,8-10,13H,1,3,5,7H2. The first-order valence-corrected chi connectivity index (χ1v) is 6.61. The number of imidazole rings is 1. The van der Waals surface area contributed by atoms with Gasteiger partial charge in [0.25, 0.3) is 0 Å². The molecule has 1 unspecified atom stereocenters. The second-order valence-corrected chi connectivity index (χ2v) is 5.08. The maximum atomic E-state index is 4.27. The molecule has 1 fully saturated rings. The van der Waals surface area contributed by atoms with Crippen LogP contribution in [0.15, 0.2) is 29.4 Å². The summed E-state index contributed by atoms with van der Waals surface area (Å²) in [6.45, 7) is 3.38. The Morgan fingerprint density at radius 3 is 3.31 bits per heavy atom. The minimum absolute atomic E-state index is 0.756. The summed E-state index contributed by atoms with van der Waals surface area (Å²) < 4.78 is 2.28. The Balaban J connectivity index is 1.82. The van der Waals surface area contributed by atoms with Crippen molar-refractivity contribution in [3.8, 4) is 11.3 Å². The first-order valence-electron chi connectivity index (χ1n) is 5.67. The van der Waals surface area contributed by atoms with Crippen LogP contribution in [0.4, 0.5) is 0 Å². The molecule has 1 saturated heterocycles. The van der Waals surface area contributed by atoms with E-state index in [4.69, 9.17) is 0 Å². The van der Waals surface area contributed by atoms with E-state index in [-0.39, 0.29) is 0 Å². The van der Waals surface area contributed by atoms with Crippen LogP contribution in [0.5, 0.6) is 0 Å². The molecule has 2 aromatic rings. The Hall–Kier alpha value is -1.13. The Kier molecular flexibility index (Phi) is 2.76. The van der Waals surface area contributed by atoms with Crippen LogP contribution < -0.4 is 5.32 Å². The molecule has 0 aliphatic carbocycles. The van der Waals surface area contributed by atoms with Gasteiger partial charge in [-0.15, -0.1) is 0 Å². The third-order valence-electron chi connectivity index (χ3n) is 3.15. The highest BCUT2D eigenvalue weighted by Gasteiger charge is 2.16. The Morgan fingerprint density at radius 2 is 2.56 bits per heavy atom. The molecular formula is C12H15N3S. The highest BCUT2D eigenvalue weighted by Crippen LogP contribution is 2.23. The summed E-state index contributed by atoms with van der Waals surface area (Å²) in [7, 11) is 0. The fraction of sp³-hybridized carbons (Fsp3) is 0.417. The van der Waals surface area contributed by atoms with E-state index in [1.165, 1.54) is 17.7 Å². The summed E-state index contributed by atoms with van der Waals surface area (Å²) in [5, 5.41) is 7.70. The van der Waals surface area contributed by atoms with Gasteiger partial charge in [0.1, 0.15) is 0 Å². The third kappa shape index (κ3) is 1.90. The number of rotatable bonds is 3. The second-order valence-electron chi connectivity index (χ2n) is 4.30. The summed E-state index contributed by atoms with van der Waals surface area (Å²) in [4.78, 5) is 4.27. The van der Waals surface area contributed by atoms with Gasteiger partial charge in [0.15, 0.2) is 0 Å². The van der Waals surface area contributed by atoms with Crippen LogP contribution in [0.2, 0.25) is 0 Å². The summed E-state index contributed by atoms with van der Waals surface area (Å²) in [5.41, 5.74) is 2.53. The molecule has 84 valence electrons. The molecule has 0 saturated carbocycles. The molecule has 0 radical (unpaired) electrons. The van der Waals surface area contributed by atoms with Crippen molar-refractivity contribution in [2.75, 3.05) is 13.1 Å². The van der Waals surface area contributed by atoms with Crippen LogP contribution in [-0.2, 0) is 6.54 Å². The van der Waals surface area contributed by atoms with E-state index >= 15 is 0 Å². The number of hydrogen-bond donors (Lipinski definition) is 1. The van der Waals surface area contributed by atoms with Crippen molar-refractivity contribution in [2.24, 2.45) is 5.92 Å². The van der Waals surface area contributed by atoms with E-state index in [2.05, 4.69) is 31.7 Å². The van der Waals surface area contributed by atoms with E-state index < -0.39 is 0 Å². The Morgan fingerprint density at radius 1 is 1.56 bits per heavy atom. The van der Waals surface area contributed by atoms with Crippen LogP contribution in [-0.4, -0.2) is 22.6 Å². The van der Waals surface area contributed by atoms with Gasteiger partial charge in [-0.25, -0.2) is 4.98 Å². The molecule has 0 aromatic carbocycles. The summed E-state index contributed by atoms with van der Waals surface area (Å²) >= 11 is 1.74. The van der Waals surface area contributed by atoms with Gasteiger partial charge in [-0.1, -0.05) is 0 Å². The predicted molar refractivity (Wildman–Crippen MR) is 66.5 cm³/mol. The lowest BCUT2D eigenvalue weighted by molar-refractivity contribution is 0.484. The fourth-order valence-corrected chi connectivity index (χ4v) is 2.91. The summed E-state index contributed by atoms with van der Waals surface area (Å²) in [6.07, 6.45) is 5.19. The van der Waals surface area contributed by atoms with Gasteiger partial charge in [0.2, 0.25) is 0 Å². The molecule has 1 aliphatic heterocycles. The highest BCUT2D eigenvalue weighted by atomic mass is 32.1. The molecule has 1 N–H and O–H groups in total. The molecule has 3 heterocycles. The minimum Gasteiger partial charge on any atom is -0.330 e. The molecule has 2 aromatic heterocycles. The topological polar surface area (TPSA) is 29.9 Å². The summed E-state index contributed by atoms with van der Waals surface area (Å²) in [6, 6.07) is 2.16. The zero-order valence-electron chi connectivity index (χ0n) is 9.10. The monoisotopic (exact) mass is 233 g/mol. The van der Waals surface area contributed by atoms with Crippen molar-refractivity contribution in [3.05, 3.63) is 29.4 Å². The lowest BCUT2D eigenvalue weighted by Crippen LogP contribution is -2.14. The van der Waals surface area contributed by atoms with Gasteiger partial charge in [0.05, 0.1) is 18.2 Å². The van der Waals surface area contributed by atoms with Crippen LogP contribution in [0.25, 0.3) is 11.3 Å². The van der Waals surface area contributed by atoms with Gasteiger partial charge in [-0.3, -0.25) is 0 Å². The molecule has 3 nitrogen and oxygen atoms in total. The maximum absolute atomic E-state index is 4.27. The molecule has 4 heteroatoms. The zero-order chi connectivity index (χ0) is 10.8. The molecule has 0 spiro atoms. The lowest BCUT2D eigenvalue weighted by Gasteiger charge is -2.11. The van der Waals surface area contributed by atoms with Crippen LogP contribution in [0.1, 0.15) is 6.42 Å². The molecule has 3 rings (SSSR count). The van der Waals surface area contributed by atoms with Crippen LogP contribution >= 0.6 is 11.3 Å². The van der Waals surface area contributed by atoms with E-state index in [9.17, 15) is 0 Å². The van der Waals surface area contributed by atoms with E-state index in [1.807, 2.05) is 12.5 Å². The van der Waals surface area contributed by atoms with Crippen molar-refractivity contribution in [3.63, 3.8) is 0 Å².